The Bertz CT molecular complexity index is 967. The number of carbonyl (C=O) groups is 2. The minimum atomic E-state index is -0.904. The number of hydrogen-bond acceptors (Lipinski definition) is 3. The molecule has 2 aromatic rings. The van der Waals surface area contributed by atoms with Crippen LogP contribution < -0.4 is 0 Å². The van der Waals surface area contributed by atoms with E-state index in [9.17, 15) is 14.7 Å². The highest BCUT2D eigenvalue weighted by molar-refractivity contribution is 5.96. The summed E-state index contributed by atoms with van der Waals surface area (Å²) < 4.78 is 1.73. The van der Waals surface area contributed by atoms with E-state index in [1.807, 2.05) is 42.3 Å². The van der Waals surface area contributed by atoms with Crippen LogP contribution in [0.15, 0.2) is 30.3 Å². The summed E-state index contributed by atoms with van der Waals surface area (Å²) >= 11 is 0. The van der Waals surface area contributed by atoms with E-state index in [1.54, 1.807) is 4.68 Å². The monoisotopic (exact) mass is 393 g/mol. The molecule has 1 amide bonds. The zero-order chi connectivity index (χ0) is 20.2. The van der Waals surface area contributed by atoms with Crippen molar-refractivity contribution in [3.05, 3.63) is 52.8 Å². The molecule has 3 atom stereocenters. The molecule has 3 aliphatic rings. The first-order chi connectivity index (χ1) is 14.0. The second-order valence-corrected chi connectivity index (χ2v) is 8.89. The van der Waals surface area contributed by atoms with E-state index in [-0.39, 0.29) is 18.0 Å². The predicted molar refractivity (Wildman–Crippen MR) is 108 cm³/mol. The van der Waals surface area contributed by atoms with E-state index < -0.39 is 11.4 Å². The minimum absolute atomic E-state index is 0.00135. The van der Waals surface area contributed by atoms with Gasteiger partial charge in [0, 0.05) is 24.7 Å². The van der Waals surface area contributed by atoms with E-state index in [4.69, 9.17) is 0 Å². The zero-order valence-corrected chi connectivity index (χ0v) is 16.8. The van der Waals surface area contributed by atoms with Crippen molar-refractivity contribution in [3.8, 4) is 0 Å². The fourth-order valence-corrected chi connectivity index (χ4v) is 6.02. The van der Waals surface area contributed by atoms with E-state index >= 15 is 0 Å². The first-order valence-corrected chi connectivity index (χ1v) is 10.7. The third kappa shape index (κ3) is 2.72. The molecule has 0 spiro atoms. The van der Waals surface area contributed by atoms with Crippen molar-refractivity contribution < 1.29 is 14.7 Å². The quantitative estimate of drug-likeness (QED) is 0.867. The van der Waals surface area contributed by atoms with Gasteiger partial charge in [-0.25, -0.2) is 0 Å². The molecule has 6 heteroatoms. The maximum Gasteiger partial charge on any atom is 0.312 e. The Morgan fingerprint density at radius 1 is 1.17 bits per heavy atom. The number of fused-ring (bicyclic) bond motifs is 3. The van der Waals surface area contributed by atoms with Crippen molar-refractivity contribution in [1.29, 1.82) is 0 Å². The first-order valence-electron chi connectivity index (χ1n) is 10.7. The molecule has 2 fully saturated rings. The highest BCUT2D eigenvalue weighted by Gasteiger charge is 2.61. The van der Waals surface area contributed by atoms with Crippen LogP contribution in [-0.2, 0) is 31.1 Å². The number of aromatic nitrogens is 2. The molecule has 152 valence electrons. The van der Waals surface area contributed by atoms with Crippen LogP contribution in [0.4, 0.5) is 0 Å². The highest BCUT2D eigenvalue weighted by Crippen LogP contribution is 2.52. The fraction of sp³-hybridized carbons (Fsp3) is 0.522. The van der Waals surface area contributed by atoms with Crippen molar-refractivity contribution in [2.24, 2.45) is 12.5 Å². The smallest absolute Gasteiger partial charge is 0.312 e. The molecule has 1 aliphatic carbocycles. The summed E-state index contributed by atoms with van der Waals surface area (Å²) in [5.41, 5.74) is 2.92. The Balaban J connectivity index is 1.50. The van der Waals surface area contributed by atoms with E-state index in [0.717, 1.165) is 55.3 Å². The van der Waals surface area contributed by atoms with Gasteiger partial charge < -0.3 is 10.0 Å². The third-order valence-electron chi connectivity index (χ3n) is 7.28. The lowest BCUT2D eigenvalue weighted by molar-refractivity contribution is -0.150. The van der Waals surface area contributed by atoms with Gasteiger partial charge in [-0.2, -0.15) is 5.10 Å². The number of nitrogens with zero attached hydrogens (tertiary/aromatic N) is 3. The number of aryl methyl sites for hydroxylation is 2. The number of hydrogen-bond donors (Lipinski definition) is 1. The average molecular weight is 393 g/mol. The predicted octanol–water partition coefficient (Wildman–Crippen LogP) is 2.99. The lowest BCUT2D eigenvalue weighted by Gasteiger charge is -2.33. The summed E-state index contributed by atoms with van der Waals surface area (Å²) in [5.74, 6) is -0.801. The maximum atomic E-state index is 13.7. The van der Waals surface area contributed by atoms with Gasteiger partial charge in [0.1, 0.15) is 5.69 Å². The minimum Gasteiger partial charge on any atom is -0.481 e. The topological polar surface area (TPSA) is 75.4 Å². The number of aliphatic carboxylic acids is 1. The van der Waals surface area contributed by atoms with Gasteiger partial charge in [0.25, 0.3) is 5.91 Å². The summed E-state index contributed by atoms with van der Waals surface area (Å²) in [6.45, 7) is 0. The SMILES string of the molecule is Cn1nc2c(c1C(=O)N1[C@H]3CC[C@@H]1[C@](Cc1ccccc1)(C(=O)O)C3)CCCC2. The van der Waals surface area contributed by atoms with Gasteiger partial charge in [-0.3, -0.25) is 14.3 Å². The molecule has 1 N–H and O–H groups in total. The molecule has 5 rings (SSSR count). The molecule has 1 aromatic carbocycles. The summed E-state index contributed by atoms with van der Waals surface area (Å²) in [4.78, 5) is 28.1. The van der Waals surface area contributed by atoms with E-state index in [0.29, 0.717) is 18.5 Å². The van der Waals surface area contributed by atoms with Crippen molar-refractivity contribution in [2.75, 3.05) is 0 Å². The maximum absolute atomic E-state index is 13.7. The number of carboxylic acids is 1. The van der Waals surface area contributed by atoms with Gasteiger partial charge in [-0.1, -0.05) is 30.3 Å². The Kier molecular flexibility index (Phi) is 4.26. The molecule has 0 saturated carbocycles. The third-order valence-corrected chi connectivity index (χ3v) is 7.28. The largest absolute Gasteiger partial charge is 0.481 e. The number of rotatable bonds is 4. The van der Waals surface area contributed by atoms with Crippen LogP contribution in [0, 0.1) is 5.41 Å². The Labute approximate surface area is 170 Å². The molecule has 0 unspecified atom stereocenters. The van der Waals surface area contributed by atoms with Crippen molar-refractivity contribution >= 4 is 11.9 Å². The van der Waals surface area contributed by atoms with Crippen molar-refractivity contribution in [2.45, 2.75) is 63.5 Å². The lowest BCUT2D eigenvalue weighted by atomic mass is 9.70. The van der Waals surface area contributed by atoms with Gasteiger partial charge in [0.15, 0.2) is 0 Å². The lowest BCUT2D eigenvalue weighted by Crippen LogP contribution is -2.47. The van der Waals surface area contributed by atoms with Gasteiger partial charge in [0.05, 0.1) is 11.1 Å². The van der Waals surface area contributed by atoms with Crippen molar-refractivity contribution in [3.63, 3.8) is 0 Å². The summed E-state index contributed by atoms with van der Waals surface area (Å²) in [5, 5.41) is 14.9. The van der Waals surface area contributed by atoms with E-state index in [1.165, 1.54) is 0 Å². The molecule has 29 heavy (non-hydrogen) atoms. The van der Waals surface area contributed by atoms with Crippen LogP contribution in [0.1, 0.15) is 59.4 Å². The molecule has 2 bridgehead atoms. The summed E-state index contributed by atoms with van der Waals surface area (Å²) in [6.07, 6.45) is 6.67. The zero-order valence-electron chi connectivity index (χ0n) is 16.8. The van der Waals surface area contributed by atoms with Gasteiger partial charge in [-0.05, 0) is 56.9 Å². The standard InChI is InChI=1S/C23H27N3O3/c1-25-20(17-9-5-6-10-18(17)24-25)21(27)26-16-11-12-19(26)23(14-16,22(28)29)13-15-7-3-2-4-8-15/h2-4,7-8,16,19H,5-6,9-14H2,1H3,(H,28,29)/t16-,19+,23+/m0/s1. The second-order valence-electron chi connectivity index (χ2n) is 8.89. The van der Waals surface area contributed by atoms with Crippen LogP contribution in [-0.4, -0.2) is 43.7 Å². The van der Waals surface area contributed by atoms with Crippen molar-refractivity contribution in [1.82, 2.24) is 14.7 Å². The molecule has 1 aromatic heterocycles. The molecular formula is C23H27N3O3. The van der Waals surface area contributed by atoms with E-state index in [2.05, 4.69) is 5.10 Å². The Hall–Kier alpha value is -2.63. The van der Waals surface area contributed by atoms with Crippen LogP contribution in [0.2, 0.25) is 0 Å². The molecule has 0 radical (unpaired) electrons. The Morgan fingerprint density at radius 2 is 1.93 bits per heavy atom. The molecule has 2 saturated heterocycles. The highest BCUT2D eigenvalue weighted by atomic mass is 16.4. The molecule has 6 nitrogen and oxygen atoms in total. The summed E-state index contributed by atoms with van der Waals surface area (Å²) in [7, 11) is 1.85. The van der Waals surface area contributed by atoms with Crippen LogP contribution in [0.3, 0.4) is 0 Å². The fourth-order valence-electron chi connectivity index (χ4n) is 6.02. The molecule has 3 heterocycles. The molecule has 2 aliphatic heterocycles. The summed E-state index contributed by atoms with van der Waals surface area (Å²) in [6, 6.07) is 9.55. The second kappa shape index (κ2) is 6.71. The number of benzene rings is 1. The van der Waals surface area contributed by atoms with Crippen LogP contribution in [0.5, 0.6) is 0 Å². The van der Waals surface area contributed by atoms with Gasteiger partial charge in [0.2, 0.25) is 0 Å². The van der Waals surface area contributed by atoms with Crippen LogP contribution >= 0.6 is 0 Å². The number of carboxylic acid groups (broad SMARTS) is 1. The first kappa shape index (κ1) is 18.4. The molecular weight excluding hydrogens is 366 g/mol. The van der Waals surface area contributed by atoms with Crippen LogP contribution in [0.25, 0.3) is 0 Å². The number of carbonyl (C=O) groups excluding carboxylic acids is 1. The average Bonchev–Trinajstić information content (AvgIpc) is 3.37. The normalized spacial score (nSPS) is 27.8. The number of amides is 1. The van der Waals surface area contributed by atoms with Gasteiger partial charge in [-0.15, -0.1) is 0 Å². The van der Waals surface area contributed by atoms with Gasteiger partial charge >= 0.3 is 5.97 Å². The Morgan fingerprint density at radius 3 is 2.69 bits per heavy atom.